The first kappa shape index (κ1) is 13.2. The number of halogens is 1. The molecule has 0 aliphatic rings. The number of aromatic nitrogens is 2. The zero-order valence-corrected chi connectivity index (χ0v) is 10.8. The van der Waals surface area contributed by atoms with E-state index in [2.05, 4.69) is 41.1 Å². The Labute approximate surface area is 102 Å². The van der Waals surface area contributed by atoms with Crippen LogP contribution in [0.2, 0.25) is 5.02 Å². The highest BCUT2D eigenvalue weighted by molar-refractivity contribution is 6.30. The van der Waals surface area contributed by atoms with Crippen molar-refractivity contribution in [3.63, 3.8) is 0 Å². The molecule has 1 heterocycles. The fourth-order valence-electron chi connectivity index (χ4n) is 1.19. The number of nitrogens with one attached hydrogen (secondary N) is 1. The van der Waals surface area contributed by atoms with E-state index < -0.39 is 0 Å². The average Bonchev–Trinajstić information content (AvgIpc) is 2.26. The van der Waals surface area contributed by atoms with Crippen molar-refractivity contribution >= 4 is 17.5 Å². The van der Waals surface area contributed by atoms with Gasteiger partial charge in [0.15, 0.2) is 0 Å². The first-order valence-electron chi connectivity index (χ1n) is 5.51. The minimum atomic E-state index is 0.560. The fraction of sp³-hybridized carbons (Fsp3) is 0.636. The number of anilines is 1. The maximum atomic E-state index is 5.69. The molecular weight excluding hydrogens is 224 g/mol. The van der Waals surface area contributed by atoms with E-state index >= 15 is 0 Å². The van der Waals surface area contributed by atoms with Gasteiger partial charge in [0, 0.05) is 12.6 Å². The highest BCUT2D eigenvalue weighted by atomic mass is 35.5. The molecule has 4 nitrogen and oxygen atoms in total. The molecular formula is C11H19ClN4. The molecule has 1 aromatic rings. The van der Waals surface area contributed by atoms with Crippen LogP contribution in [-0.2, 0) is 0 Å². The number of hydrogen-bond donors (Lipinski definition) is 1. The summed E-state index contributed by atoms with van der Waals surface area (Å²) in [6, 6.07) is 0.590. The lowest BCUT2D eigenvalue weighted by Gasteiger charge is -2.20. The molecule has 0 radical (unpaired) electrons. The van der Waals surface area contributed by atoms with Gasteiger partial charge in [-0.05, 0) is 33.9 Å². The van der Waals surface area contributed by atoms with Gasteiger partial charge in [-0.3, -0.25) is 0 Å². The predicted octanol–water partition coefficient (Wildman–Crippen LogP) is 2.27. The van der Waals surface area contributed by atoms with Crippen molar-refractivity contribution in [2.75, 3.05) is 25.5 Å². The zero-order chi connectivity index (χ0) is 12.0. The normalized spacial score (nSPS) is 11.1. The molecule has 0 fully saturated rings. The number of rotatable bonds is 6. The van der Waals surface area contributed by atoms with E-state index in [-0.39, 0.29) is 0 Å². The van der Waals surface area contributed by atoms with Crippen molar-refractivity contribution in [1.82, 2.24) is 14.9 Å². The predicted molar refractivity (Wildman–Crippen MR) is 67.9 cm³/mol. The first-order valence-corrected chi connectivity index (χ1v) is 5.89. The Bertz CT molecular complexity index is 299. The van der Waals surface area contributed by atoms with E-state index in [4.69, 9.17) is 11.6 Å². The minimum absolute atomic E-state index is 0.560. The van der Waals surface area contributed by atoms with Crippen LogP contribution in [0.5, 0.6) is 0 Å². The lowest BCUT2D eigenvalue weighted by atomic mass is 10.3. The molecule has 0 saturated heterocycles. The highest BCUT2D eigenvalue weighted by Crippen LogP contribution is 2.05. The van der Waals surface area contributed by atoms with Crippen LogP contribution in [0.1, 0.15) is 20.3 Å². The van der Waals surface area contributed by atoms with E-state index in [1.165, 1.54) is 0 Å². The molecule has 1 rings (SSSR count). The molecule has 0 unspecified atom stereocenters. The van der Waals surface area contributed by atoms with E-state index in [1.54, 1.807) is 12.4 Å². The van der Waals surface area contributed by atoms with Gasteiger partial charge in [-0.25, -0.2) is 9.97 Å². The topological polar surface area (TPSA) is 41.0 Å². The molecule has 1 aromatic heterocycles. The van der Waals surface area contributed by atoms with E-state index in [1.807, 2.05) is 0 Å². The van der Waals surface area contributed by atoms with Crippen molar-refractivity contribution in [2.45, 2.75) is 26.3 Å². The third-order valence-electron chi connectivity index (χ3n) is 2.47. The summed E-state index contributed by atoms with van der Waals surface area (Å²) >= 11 is 5.69. The largest absolute Gasteiger partial charge is 0.354 e. The molecule has 0 amide bonds. The summed E-state index contributed by atoms with van der Waals surface area (Å²) in [4.78, 5) is 10.4. The SMILES string of the molecule is CC(C)N(C)CCCNc1ncc(Cl)cn1. The molecule has 5 heteroatoms. The van der Waals surface area contributed by atoms with Crippen LogP contribution in [-0.4, -0.2) is 41.0 Å². The molecule has 0 aromatic carbocycles. The van der Waals surface area contributed by atoms with Crippen LogP contribution in [0, 0.1) is 0 Å². The molecule has 90 valence electrons. The standard InChI is InChI=1S/C11H19ClN4/c1-9(2)16(3)6-4-5-13-11-14-7-10(12)8-15-11/h7-9H,4-6H2,1-3H3,(H,13,14,15). The Balaban J connectivity index is 2.18. The molecule has 0 aliphatic carbocycles. The van der Waals surface area contributed by atoms with Gasteiger partial charge in [0.25, 0.3) is 0 Å². The van der Waals surface area contributed by atoms with Crippen molar-refractivity contribution in [3.8, 4) is 0 Å². The summed E-state index contributed by atoms with van der Waals surface area (Å²) in [6.45, 7) is 6.32. The van der Waals surface area contributed by atoms with Crippen LogP contribution in [0.15, 0.2) is 12.4 Å². The number of hydrogen-bond acceptors (Lipinski definition) is 4. The van der Waals surface area contributed by atoms with E-state index in [9.17, 15) is 0 Å². The third kappa shape index (κ3) is 4.77. The Morgan fingerprint density at radius 1 is 1.38 bits per heavy atom. The van der Waals surface area contributed by atoms with Crippen LogP contribution in [0.4, 0.5) is 5.95 Å². The lowest BCUT2D eigenvalue weighted by molar-refractivity contribution is 0.273. The van der Waals surface area contributed by atoms with E-state index in [0.717, 1.165) is 19.5 Å². The third-order valence-corrected chi connectivity index (χ3v) is 2.67. The maximum Gasteiger partial charge on any atom is 0.222 e. The molecule has 0 spiro atoms. The monoisotopic (exact) mass is 242 g/mol. The van der Waals surface area contributed by atoms with Gasteiger partial charge in [-0.2, -0.15) is 0 Å². The minimum Gasteiger partial charge on any atom is -0.354 e. The smallest absolute Gasteiger partial charge is 0.222 e. The molecule has 0 bridgehead atoms. The molecule has 16 heavy (non-hydrogen) atoms. The Kier molecular flexibility index (Phi) is 5.49. The Morgan fingerprint density at radius 2 is 2.00 bits per heavy atom. The summed E-state index contributed by atoms with van der Waals surface area (Å²) in [5, 5.41) is 3.72. The zero-order valence-electron chi connectivity index (χ0n) is 10.1. The summed E-state index contributed by atoms with van der Waals surface area (Å²) in [5.74, 6) is 0.636. The van der Waals surface area contributed by atoms with Crippen molar-refractivity contribution in [2.24, 2.45) is 0 Å². The van der Waals surface area contributed by atoms with Crippen molar-refractivity contribution < 1.29 is 0 Å². The van der Waals surface area contributed by atoms with Crippen molar-refractivity contribution in [3.05, 3.63) is 17.4 Å². The van der Waals surface area contributed by atoms with Gasteiger partial charge < -0.3 is 10.2 Å². The van der Waals surface area contributed by atoms with Gasteiger partial charge in [-0.1, -0.05) is 11.6 Å². The first-order chi connectivity index (χ1) is 7.59. The van der Waals surface area contributed by atoms with Gasteiger partial charge in [0.1, 0.15) is 0 Å². The summed E-state index contributed by atoms with van der Waals surface area (Å²) in [5.41, 5.74) is 0. The van der Waals surface area contributed by atoms with Crippen LogP contribution >= 0.6 is 11.6 Å². The van der Waals surface area contributed by atoms with Crippen LogP contribution < -0.4 is 5.32 Å². The molecule has 0 saturated carbocycles. The summed E-state index contributed by atoms with van der Waals surface area (Å²) < 4.78 is 0. The summed E-state index contributed by atoms with van der Waals surface area (Å²) in [7, 11) is 2.13. The highest BCUT2D eigenvalue weighted by Gasteiger charge is 2.02. The molecule has 0 aliphatic heterocycles. The second-order valence-electron chi connectivity index (χ2n) is 4.08. The second kappa shape index (κ2) is 6.66. The van der Waals surface area contributed by atoms with Crippen molar-refractivity contribution in [1.29, 1.82) is 0 Å². The Hall–Kier alpha value is -0.870. The van der Waals surface area contributed by atoms with Crippen LogP contribution in [0.25, 0.3) is 0 Å². The van der Waals surface area contributed by atoms with E-state index in [0.29, 0.717) is 17.0 Å². The lowest BCUT2D eigenvalue weighted by Crippen LogP contribution is -2.28. The molecule has 1 N–H and O–H groups in total. The van der Waals surface area contributed by atoms with Gasteiger partial charge >= 0.3 is 0 Å². The Morgan fingerprint density at radius 3 is 2.56 bits per heavy atom. The second-order valence-corrected chi connectivity index (χ2v) is 4.52. The average molecular weight is 243 g/mol. The molecule has 0 atom stereocenters. The van der Waals surface area contributed by atoms with Crippen LogP contribution in [0.3, 0.4) is 0 Å². The summed E-state index contributed by atoms with van der Waals surface area (Å²) in [6.07, 6.45) is 4.26. The van der Waals surface area contributed by atoms with Gasteiger partial charge in [0.2, 0.25) is 5.95 Å². The van der Waals surface area contributed by atoms with Gasteiger partial charge in [-0.15, -0.1) is 0 Å². The van der Waals surface area contributed by atoms with Gasteiger partial charge in [0.05, 0.1) is 17.4 Å². The maximum absolute atomic E-state index is 5.69. The number of nitrogens with zero attached hydrogens (tertiary/aromatic N) is 3. The fourth-order valence-corrected chi connectivity index (χ4v) is 1.29. The quantitative estimate of drug-likeness (QED) is 0.777.